The van der Waals surface area contributed by atoms with Crippen molar-refractivity contribution in [2.24, 2.45) is 0 Å². The van der Waals surface area contributed by atoms with Crippen LogP contribution in [-0.4, -0.2) is 16.7 Å². The van der Waals surface area contributed by atoms with Gasteiger partial charge in [-0.25, -0.2) is 0 Å². The standard InChI is InChI=1S/C14H12F3NO2/c15-14(16,17)10-4-3-5-11(8-10)20-9-13(19)12-6-1-2-7-18-12/h1-8,13,19H,9H2. The molecule has 0 fully saturated rings. The first-order chi connectivity index (χ1) is 9.47. The fourth-order valence-corrected chi connectivity index (χ4v) is 1.60. The van der Waals surface area contributed by atoms with Crippen molar-refractivity contribution >= 4 is 0 Å². The maximum absolute atomic E-state index is 12.5. The van der Waals surface area contributed by atoms with Crippen LogP contribution in [0.5, 0.6) is 5.75 Å². The molecule has 1 aromatic heterocycles. The van der Waals surface area contributed by atoms with Crippen molar-refractivity contribution in [1.29, 1.82) is 0 Å². The zero-order valence-electron chi connectivity index (χ0n) is 10.3. The van der Waals surface area contributed by atoms with E-state index in [1.165, 1.54) is 18.3 Å². The minimum atomic E-state index is -4.42. The molecule has 0 spiro atoms. The minimum Gasteiger partial charge on any atom is -0.490 e. The Bertz CT molecular complexity index is 558. The highest BCUT2D eigenvalue weighted by Crippen LogP contribution is 2.31. The van der Waals surface area contributed by atoms with Gasteiger partial charge in [0.2, 0.25) is 0 Å². The van der Waals surface area contributed by atoms with E-state index in [0.29, 0.717) is 5.69 Å². The lowest BCUT2D eigenvalue weighted by Gasteiger charge is -2.13. The van der Waals surface area contributed by atoms with E-state index in [9.17, 15) is 18.3 Å². The van der Waals surface area contributed by atoms with E-state index in [1.807, 2.05) is 0 Å². The molecule has 20 heavy (non-hydrogen) atoms. The molecule has 0 aliphatic heterocycles. The Labute approximate surface area is 113 Å². The number of benzene rings is 1. The number of halogens is 3. The molecule has 0 aliphatic rings. The zero-order valence-corrected chi connectivity index (χ0v) is 10.3. The monoisotopic (exact) mass is 283 g/mol. The Morgan fingerprint density at radius 3 is 2.60 bits per heavy atom. The van der Waals surface area contributed by atoms with Gasteiger partial charge in [-0.1, -0.05) is 12.1 Å². The average Bonchev–Trinajstić information content (AvgIpc) is 2.45. The second-order valence-electron chi connectivity index (χ2n) is 4.11. The zero-order chi connectivity index (χ0) is 14.6. The third kappa shape index (κ3) is 3.71. The Balaban J connectivity index is 2.01. The molecule has 3 nitrogen and oxygen atoms in total. The summed E-state index contributed by atoms with van der Waals surface area (Å²) in [7, 11) is 0. The quantitative estimate of drug-likeness (QED) is 0.936. The smallest absolute Gasteiger partial charge is 0.416 e. The molecule has 6 heteroatoms. The summed E-state index contributed by atoms with van der Waals surface area (Å²) in [5, 5.41) is 9.80. The van der Waals surface area contributed by atoms with Crippen LogP contribution in [0.4, 0.5) is 13.2 Å². The molecule has 1 N–H and O–H groups in total. The summed E-state index contributed by atoms with van der Waals surface area (Å²) >= 11 is 0. The third-order valence-electron chi connectivity index (χ3n) is 2.60. The highest BCUT2D eigenvalue weighted by Gasteiger charge is 2.30. The number of rotatable bonds is 4. The summed E-state index contributed by atoms with van der Waals surface area (Å²) in [6.45, 7) is -0.168. The van der Waals surface area contributed by atoms with Crippen molar-refractivity contribution < 1.29 is 23.0 Å². The largest absolute Gasteiger partial charge is 0.490 e. The van der Waals surface area contributed by atoms with Crippen molar-refractivity contribution in [3.63, 3.8) is 0 Å². The molecule has 0 saturated heterocycles. The van der Waals surface area contributed by atoms with Crippen LogP contribution >= 0.6 is 0 Å². The van der Waals surface area contributed by atoms with E-state index in [0.717, 1.165) is 12.1 Å². The molecule has 1 aromatic carbocycles. The fraction of sp³-hybridized carbons (Fsp3) is 0.214. The van der Waals surface area contributed by atoms with Crippen LogP contribution < -0.4 is 4.74 Å². The molecule has 2 rings (SSSR count). The van der Waals surface area contributed by atoms with Crippen LogP contribution in [-0.2, 0) is 6.18 Å². The van der Waals surface area contributed by atoms with E-state index in [1.54, 1.807) is 18.2 Å². The SMILES string of the molecule is OC(COc1cccc(C(F)(F)F)c1)c1ccccn1. The Kier molecular flexibility index (Phi) is 4.24. The van der Waals surface area contributed by atoms with Gasteiger partial charge in [0.25, 0.3) is 0 Å². The van der Waals surface area contributed by atoms with Crippen molar-refractivity contribution in [3.8, 4) is 5.75 Å². The fourth-order valence-electron chi connectivity index (χ4n) is 1.60. The number of aromatic nitrogens is 1. The first-order valence-corrected chi connectivity index (χ1v) is 5.86. The number of aliphatic hydroxyl groups is 1. The number of ether oxygens (including phenoxy) is 1. The Morgan fingerprint density at radius 1 is 1.15 bits per heavy atom. The summed E-state index contributed by atoms with van der Waals surface area (Å²) in [4.78, 5) is 3.94. The summed E-state index contributed by atoms with van der Waals surface area (Å²) in [6, 6.07) is 9.53. The Hall–Kier alpha value is -2.08. The van der Waals surface area contributed by atoms with Crippen LogP contribution in [0.15, 0.2) is 48.7 Å². The first kappa shape index (κ1) is 14.3. The van der Waals surface area contributed by atoms with Gasteiger partial charge in [-0.15, -0.1) is 0 Å². The lowest BCUT2D eigenvalue weighted by atomic mass is 10.2. The van der Waals surface area contributed by atoms with Gasteiger partial charge in [0.15, 0.2) is 0 Å². The predicted molar refractivity (Wildman–Crippen MR) is 66.1 cm³/mol. The normalized spacial score (nSPS) is 13.0. The highest BCUT2D eigenvalue weighted by atomic mass is 19.4. The topological polar surface area (TPSA) is 42.4 Å². The molecule has 0 amide bonds. The average molecular weight is 283 g/mol. The third-order valence-corrected chi connectivity index (χ3v) is 2.60. The molecular formula is C14H12F3NO2. The number of pyridine rings is 1. The van der Waals surface area contributed by atoms with E-state index >= 15 is 0 Å². The van der Waals surface area contributed by atoms with Crippen molar-refractivity contribution in [2.45, 2.75) is 12.3 Å². The lowest BCUT2D eigenvalue weighted by Crippen LogP contribution is -2.11. The molecule has 106 valence electrons. The summed E-state index contributed by atoms with van der Waals surface area (Å²) < 4.78 is 42.7. The number of hydrogen-bond acceptors (Lipinski definition) is 3. The molecule has 0 aliphatic carbocycles. The number of alkyl halides is 3. The molecule has 0 radical (unpaired) electrons. The van der Waals surface area contributed by atoms with Crippen LogP contribution in [0.1, 0.15) is 17.4 Å². The van der Waals surface area contributed by atoms with Crippen molar-refractivity contribution in [1.82, 2.24) is 4.98 Å². The molecule has 1 unspecified atom stereocenters. The van der Waals surface area contributed by atoms with E-state index < -0.39 is 17.8 Å². The van der Waals surface area contributed by atoms with Gasteiger partial charge >= 0.3 is 6.18 Å². The van der Waals surface area contributed by atoms with E-state index in [2.05, 4.69) is 4.98 Å². The number of nitrogens with zero attached hydrogens (tertiary/aromatic N) is 1. The van der Waals surface area contributed by atoms with Crippen LogP contribution in [0, 0.1) is 0 Å². The maximum atomic E-state index is 12.5. The minimum absolute atomic E-state index is 0.0507. The summed E-state index contributed by atoms with van der Waals surface area (Å²) in [6.07, 6.45) is -3.90. The van der Waals surface area contributed by atoms with Gasteiger partial charge in [0, 0.05) is 6.20 Å². The van der Waals surface area contributed by atoms with E-state index in [-0.39, 0.29) is 12.4 Å². The van der Waals surface area contributed by atoms with Gasteiger partial charge in [-0.3, -0.25) is 4.98 Å². The molecule has 1 atom stereocenters. The number of aliphatic hydroxyl groups excluding tert-OH is 1. The summed E-state index contributed by atoms with van der Waals surface area (Å²) in [5.74, 6) is 0.0507. The van der Waals surface area contributed by atoms with Gasteiger partial charge in [0.05, 0.1) is 11.3 Å². The number of hydrogen-bond donors (Lipinski definition) is 1. The Morgan fingerprint density at radius 2 is 1.95 bits per heavy atom. The predicted octanol–water partition coefficient (Wildman–Crippen LogP) is 3.21. The van der Waals surface area contributed by atoms with Gasteiger partial charge < -0.3 is 9.84 Å². The second-order valence-corrected chi connectivity index (χ2v) is 4.11. The maximum Gasteiger partial charge on any atom is 0.416 e. The van der Waals surface area contributed by atoms with Crippen molar-refractivity contribution in [3.05, 3.63) is 59.9 Å². The van der Waals surface area contributed by atoms with Crippen LogP contribution in [0.3, 0.4) is 0 Å². The van der Waals surface area contributed by atoms with Crippen LogP contribution in [0.25, 0.3) is 0 Å². The molecule has 2 aromatic rings. The van der Waals surface area contributed by atoms with E-state index in [4.69, 9.17) is 4.74 Å². The second kappa shape index (κ2) is 5.92. The lowest BCUT2D eigenvalue weighted by molar-refractivity contribution is -0.137. The van der Waals surface area contributed by atoms with Crippen molar-refractivity contribution in [2.75, 3.05) is 6.61 Å². The molecular weight excluding hydrogens is 271 g/mol. The molecule has 1 heterocycles. The first-order valence-electron chi connectivity index (χ1n) is 5.86. The molecule has 0 saturated carbocycles. The van der Waals surface area contributed by atoms with Gasteiger partial charge in [0.1, 0.15) is 18.5 Å². The van der Waals surface area contributed by atoms with Gasteiger partial charge in [-0.05, 0) is 30.3 Å². The van der Waals surface area contributed by atoms with Gasteiger partial charge in [-0.2, -0.15) is 13.2 Å². The summed E-state index contributed by atoms with van der Waals surface area (Å²) in [5.41, 5.74) is -0.387. The van der Waals surface area contributed by atoms with Crippen LogP contribution in [0.2, 0.25) is 0 Å². The highest BCUT2D eigenvalue weighted by molar-refractivity contribution is 5.30. The molecule has 0 bridgehead atoms.